The number of aliphatic hydroxyl groups is 2. The molecule has 0 radical (unpaired) electrons. The van der Waals surface area contributed by atoms with Crippen molar-refractivity contribution in [2.24, 2.45) is 0 Å². The monoisotopic (exact) mass is 316 g/mol. The van der Waals surface area contributed by atoms with Crippen LogP contribution in [0.3, 0.4) is 0 Å². The van der Waals surface area contributed by atoms with Crippen molar-refractivity contribution in [2.45, 2.75) is 26.1 Å². The van der Waals surface area contributed by atoms with Crippen molar-refractivity contribution in [1.29, 1.82) is 0 Å². The quantitative estimate of drug-likeness (QED) is 0.703. The summed E-state index contributed by atoms with van der Waals surface area (Å²) in [6.45, 7) is 3.51. The Morgan fingerprint density at radius 2 is 2.22 bits per heavy atom. The molecule has 0 bridgehead atoms. The molecule has 0 fully saturated rings. The summed E-state index contributed by atoms with van der Waals surface area (Å²) in [7, 11) is 0. The third kappa shape index (κ3) is 2.25. The summed E-state index contributed by atoms with van der Waals surface area (Å²) in [4.78, 5) is 10.6. The van der Waals surface area contributed by atoms with Gasteiger partial charge >= 0.3 is 0 Å². The lowest BCUT2D eigenvalue weighted by Gasteiger charge is -2.28. The predicted octanol–water partition coefficient (Wildman–Crippen LogP) is 0.169. The molecule has 1 unspecified atom stereocenters. The lowest BCUT2D eigenvalue weighted by atomic mass is 10.2. The first-order valence-corrected chi connectivity index (χ1v) is 7.35. The third-order valence-corrected chi connectivity index (χ3v) is 4.05. The molecule has 4 rings (SSSR count). The van der Waals surface area contributed by atoms with Crippen molar-refractivity contribution in [3.05, 3.63) is 29.5 Å². The fourth-order valence-electron chi connectivity index (χ4n) is 2.87. The van der Waals surface area contributed by atoms with E-state index >= 15 is 0 Å². The van der Waals surface area contributed by atoms with Gasteiger partial charge in [0.2, 0.25) is 0 Å². The van der Waals surface area contributed by atoms with Crippen LogP contribution in [0.5, 0.6) is 0 Å². The average molecular weight is 316 g/mol. The largest absolute Gasteiger partial charge is 0.393 e. The van der Waals surface area contributed by atoms with E-state index in [1.807, 2.05) is 17.7 Å². The van der Waals surface area contributed by atoms with Gasteiger partial charge < -0.3 is 19.6 Å². The molecular weight excluding hydrogens is 300 g/mol. The van der Waals surface area contributed by atoms with Crippen molar-refractivity contribution >= 4 is 16.9 Å². The van der Waals surface area contributed by atoms with Gasteiger partial charge in [-0.2, -0.15) is 10.1 Å². The van der Waals surface area contributed by atoms with Crippen LogP contribution in [-0.2, 0) is 13.1 Å². The van der Waals surface area contributed by atoms with Crippen LogP contribution in [0.15, 0.2) is 16.9 Å². The summed E-state index contributed by atoms with van der Waals surface area (Å²) in [5, 5.41) is 27.9. The number of aryl methyl sites for hydroxylation is 1. The van der Waals surface area contributed by atoms with Crippen LogP contribution in [0.25, 0.3) is 11.1 Å². The van der Waals surface area contributed by atoms with Gasteiger partial charge in [-0.1, -0.05) is 5.16 Å². The Bertz CT molecular complexity index is 857. The average Bonchev–Trinajstić information content (AvgIpc) is 3.17. The molecule has 9 heteroatoms. The summed E-state index contributed by atoms with van der Waals surface area (Å²) in [5.41, 5.74) is 2.67. The second kappa shape index (κ2) is 5.28. The molecule has 3 aromatic rings. The molecule has 0 amide bonds. The van der Waals surface area contributed by atoms with Crippen LogP contribution in [0.4, 0.5) is 5.82 Å². The number of aromatic nitrogens is 5. The Labute approximate surface area is 131 Å². The molecule has 2 N–H and O–H groups in total. The highest BCUT2D eigenvalue weighted by atomic mass is 16.5. The smallest absolute Gasteiger partial charge is 0.263 e. The van der Waals surface area contributed by atoms with Gasteiger partial charge in [0.25, 0.3) is 5.71 Å². The van der Waals surface area contributed by atoms with Gasteiger partial charge in [-0.3, -0.25) is 4.68 Å². The van der Waals surface area contributed by atoms with Crippen LogP contribution in [0.2, 0.25) is 0 Å². The van der Waals surface area contributed by atoms with E-state index in [4.69, 9.17) is 9.63 Å². The van der Waals surface area contributed by atoms with Crippen molar-refractivity contribution in [3.63, 3.8) is 0 Å². The van der Waals surface area contributed by atoms with Gasteiger partial charge in [0.05, 0.1) is 36.8 Å². The van der Waals surface area contributed by atoms with Crippen LogP contribution >= 0.6 is 0 Å². The van der Waals surface area contributed by atoms with Gasteiger partial charge in [0.15, 0.2) is 0 Å². The van der Waals surface area contributed by atoms with E-state index in [1.54, 1.807) is 0 Å². The summed E-state index contributed by atoms with van der Waals surface area (Å²) in [6, 6.07) is 1.81. The molecule has 1 aliphatic rings. The van der Waals surface area contributed by atoms with Crippen LogP contribution in [0.1, 0.15) is 23.2 Å². The Kier molecular flexibility index (Phi) is 3.24. The van der Waals surface area contributed by atoms with Crippen molar-refractivity contribution < 1.29 is 14.7 Å². The Morgan fingerprint density at radius 1 is 1.35 bits per heavy atom. The van der Waals surface area contributed by atoms with Crippen molar-refractivity contribution in [1.82, 2.24) is 24.9 Å². The normalized spacial score (nSPS) is 15.9. The number of rotatable bonds is 3. The Balaban J connectivity index is 1.69. The topological polar surface area (TPSA) is 113 Å². The van der Waals surface area contributed by atoms with Gasteiger partial charge in [-0.05, 0) is 13.0 Å². The van der Waals surface area contributed by atoms with E-state index in [-0.39, 0.29) is 6.61 Å². The minimum absolute atomic E-state index is 0.341. The third-order valence-electron chi connectivity index (χ3n) is 4.05. The first kappa shape index (κ1) is 14.1. The molecule has 23 heavy (non-hydrogen) atoms. The summed E-state index contributed by atoms with van der Waals surface area (Å²) < 4.78 is 7.04. The van der Waals surface area contributed by atoms with E-state index in [1.165, 1.54) is 6.33 Å². The molecule has 0 saturated heterocycles. The van der Waals surface area contributed by atoms with Crippen LogP contribution in [0, 0.1) is 6.92 Å². The summed E-state index contributed by atoms with van der Waals surface area (Å²) in [6.07, 6.45) is 0.516. The number of aliphatic hydroxyl groups excluding tert-OH is 2. The van der Waals surface area contributed by atoms with Gasteiger partial charge in [-0.25, -0.2) is 4.98 Å². The fraction of sp³-hybridized carbons (Fsp3) is 0.429. The molecule has 3 aromatic heterocycles. The van der Waals surface area contributed by atoms with Gasteiger partial charge in [0.1, 0.15) is 23.6 Å². The second-order valence-electron chi connectivity index (χ2n) is 5.55. The molecule has 0 aliphatic carbocycles. The first-order valence-electron chi connectivity index (χ1n) is 7.35. The molecule has 1 aliphatic heterocycles. The van der Waals surface area contributed by atoms with E-state index in [9.17, 15) is 5.11 Å². The minimum atomic E-state index is -0.951. The number of anilines is 1. The molecule has 0 spiro atoms. The molecule has 0 aromatic carbocycles. The molecular formula is C14H16N6O3. The number of fused-ring (bicyclic) bond motifs is 2. The zero-order valence-corrected chi connectivity index (χ0v) is 12.5. The van der Waals surface area contributed by atoms with Crippen molar-refractivity contribution in [2.75, 3.05) is 18.1 Å². The maximum atomic E-state index is 9.73. The lowest BCUT2D eigenvalue weighted by Crippen LogP contribution is -2.34. The van der Waals surface area contributed by atoms with E-state index in [0.29, 0.717) is 24.5 Å². The highest BCUT2D eigenvalue weighted by molar-refractivity contribution is 5.87. The lowest BCUT2D eigenvalue weighted by molar-refractivity contribution is 0.0916. The molecule has 0 saturated carbocycles. The minimum Gasteiger partial charge on any atom is -0.393 e. The second-order valence-corrected chi connectivity index (χ2v) is 5.55. The number of nitrogens with zero attached hydrogens (tertiary/aromatic N) is 6. The maximum Gasteiger partial charge on any atom is 0.263 e. The standard InChI is InChI=1S/C14H16N6O3/c1-8-12-13(15-7-16-14(12)23-18-8)19-2-3-20-9(5-19)4-10(17-20)11(22)6-21/h4,7,11,21-22H,2-3,5-6H2,1H3. The summed E-state index contributed by atoms with van der Waals surface area (Å²) >= 11 is 0. The van der Waals surface area contributed by atoms with Gasteiger partial charge in [0, 0.05) is 6.54 Å². The zero-order chi connectivity index (χ0) is 16.0. The SMILES string of the molecule is Cc1noc2ncnc(N3CCn4nc(C(O)CO)cc4C3)c12. The molecule has 120 valence electrons. The highest BCUT2D eigenvalue weighted by Gasteiger charge is 2.24. The highest BCUT2D eigenvalue weighted by Crippen LogP contribution is 2.29. The maximum absolute atomic E-state index is 9.73. The first-order chi connectivity index (χ1) is 11.2. The molecule has 4 heterocycles. The van der Waals surface area contributed by atoms with Crippen molar-refractivity contribution in [3.8, 4) is 0 Å². The Hall–Kier alpha value is -2.52. The zero-order valence-electron chi connectivity index (χ0n) is 12.5. The van der Waals surface area contributed by atoms with Crippen LogP contribution < -0.4 is 4.90 Å². The van der Waals surface area contributed by atoms with Gasteiger partial charge in [-0.15, -0.1) is 0 Å². The van der Waals surface area contributed by atoms with E-state index in [2.05, 4.69) is 25.1 Å². The molecule has 9 nitrogen and oxygen atoms in total. The molecule has 1 atom stereocenters. The fourth-order valence-corrected chi connectivity index (χ4v) is 2.87. The number of hydrogen-bond donors (Lipinski definition) is 2. The number of hydrogen-bond acceptors (Lipinski definition) is 8. The van der Waals surface area contributed by atoms with Crippen LogP contribution in [-0.4, -0.2) is 48.3 Å². The summed E-state index contributed by atoms with van der Waals surface area (Å²) in [5.74, 6) is 0.783. The predicted molar refractivity (Wildman–Crippen MR) is 79.7 cm³/mol. The Morgan fingerprint density at radius 3 is 3.04 bits per heavy atom. The van der Waals surface area contributed by atoms with E-state index < -0.39 is 6.10 Å². The van der Waals surface area contributed by atoms with E-state index in [0.717, 1.165) is 29.1 Å².